The average molecular weight is 385 g/mol. The minimum Gasteiger partial charge on any atom is -0.356 e. The molecule has 1 aromatic heterocycles. The normalized spacial score (nSPS) is 20.1. The fourth-order valence-corrected chi connectivity index (χ4v) is 4.83. The molecule has 2 aliphatic rings. The first-order chi connectivity index (χ1) is 13.3. The number of hydrogen-bond donors (Lipinski definition) is 1. The summed E-state index contributed by atoms with van der Waals surface area (Å²) >= 11 is 1.52. The molecule has 1 aromatic carbocycles. The van der Waals surface area contributed by atoms with E-state index in [0.717, 1.165) is 56.1 Å². The molecule has 27 heavy (non-hydrogen) atoms. The van der Waals surface area contributed by atoms with Crippen LogP contribution in [0.3, 0.4) is 0 Å². The van der Waals surface area contributed by atoms with Gasteiger partial charge in [-0.1, -0.05) is 31.2 Å². The summed E-state index contributed by atoms with van der Waals surface area (Å²) in [6, 6.07) is 8.85. The summed E-state index contributed by atoms with van der Waals surface area (Å²) in [6.07, 6.45) is 3.33. The molecular formula is C20H28N6S. The quantitative estimate of drug-likeness (QED) is 0.648. The zero-order valence-corrected chi connectivity index (χ0v) is 17.0. The Morgan fingerprint density at radius 2 is 2.07 bits per heavy atom. The summed E-state index contributed by atoms with van der Waals surface area (Å²) in [6.45, 7) is 6.91. The lowest BCUT2D eigenvalue weighted by Crippen LogP contribution is -2.53. The second-order valence-corrected chi connectivity index (χ2v) is 7.91. The van der Waals surface area contributed by atoms with Crippen molar-refractivity contribution in [3.05, 3.63) is 41.2 Å². The van der Waals surface area contributed by atoms with E-state index in [1.165, 1.54) is 35.5 Å². The number of benzene rings is 1. The molecule has 0 bridgehead atoms. The van der Waals surface area contributed by atoms with Gasteiger partial charge in [0.15, 0.2) is 5.96 Å². The van der Waals surface area contributed by atoms with Crippen LogP contribution in [-0.2, 0) is 12.8 Å². The van der Waals surface area contributed by atoms with Crippen molar-refractivity contribution in [1.82, 2.24) is 19.6 Å². The third kappa shape index (κ3) is 3.93. The maximum atomic E-state index is 4.62. The summed E-state index contributed by atoms with van der Waals surface area (Å²) in [7, 11) is 1.88. The summed E-state index contributed by atoms with van der Waals surface area (Å²) in [5, 5.41) is 4.67. The first-order valence-electron chi connectivity index (χ1n) is 9.89. The van der Waals surface area contributed by atoms with E-state index >= 15 is 0 Å². The summed E-state index contributed by atoms with van der Waals surface area (Å²) in [5.41, 5.74) is 3.02. The molecule has 0 saturated carbocycles. The topological polar surface area (TPSA) is 56.7 Å². The Morgan fingerprint density at radius 1 is 1.26 bits per heavy atom. The van der Waals surface area contributed by atoms with Gasteiger partial charge in [0.1, 0.15) is 5.82 Å². The molecule has 7 heteroatoms. The van der Waals surface area contributed by atoms with Crippen LogP contribution >= 0.6 is 11.5 Å². The number of fused-ring (bicyclic) bond motifs is 1. The molecule has 2 heterocycles. The van der Waals surface area contributed by atoms with Gasteiger partial charge in [-0.2, -0.15) is 4.37 Å². The highest BCUT2D eigenvalue weighted by Gasteiger charge is 2.25. The molecule has 1 aliphatic carbocycles. The Hall–Kier alpha value is -2.15. The van der Waals surface area contributed by atoms with E-state index in [-0.39, 0.29) is 0 Å². The van der Waals surface area contributed by atoms with Crippen molar-refractivity contribution in [3.8, 4) is 0 Å². The predicted molar refractivity (Wildman–Crippen MR) is 112 cm³/mol. The van der Waals surface area contributed by atoms with Crippen LogP contribution in [0.2, 0.25) is 0 Å². The predicted octanol–water partition coefficient (Wildman–Crippen LogP) is 2.53. The van der Waals surface area contributed by atoms with Crippen molar-refractivity contribution < 1.29 is 0 Å². The highest BCUT2D eigenvalue weighted by Crippen LogP contribution is 2.32. The summed E-state index contributed by atoms with van der Waals surface area (Å²) < 4.78 is 4.41. The molecule has 4 rings (SSSR count). The number of nitrogens with one attached hydrogen (secondary N) is 1. The molecule has 144 valence electrons. The Balaban J connectivity index is 1.31. The zero-order valence-electron chi connectivity index (χ0n) is 16.2. The van der Waals surface area contributed by atoms with Crippen molar-refractivity contribution in [3.63, 3.8) is 0 Å². The van der Waals surface area contributed by atoms with Crippen molar-refractivity contribution in [2.75, 3.05) is 44.7 Å². The number of aromatic nitrogens is 2. The Labute approximate surface area is 165 Å². The van der Waals surface area contributed by atoms with Crippen LogP contribution in [0.5, 0.6) is 0 Å². The molecule has 0 spiro atoms. The Morgan fingerprint density at radius 3 is 2.81 bits per heavy atom. The van der Waals surface area contributed by atoms with Gasteiger partial charge in [0.05, 0.1) is 0 Å². The van der Waals surface area contributed by atoms with Crippen LogP contribution in [0, 0.1) is 0 Å². The van der Waals surface area contributed by atoms with Gasteiger partial charge < -0.3 is 15.1 Å². The molecule has 2 aromatic rings. The molecule has 1 saturated heterocycles. The number of nitrogens with zero attached hydrogens (tertiary/aromatic N) is 5. The minimum atomic E-state index is 0.591. The van der Waals surface area contributed by atoms with Gasteiger partial charge in [0, 0.05) is 63.6 Å². The van der Waals surface area contributed by atoms with Gasteiger partial charge in [-0.15, -0.1) is 0 Å². The van der Waals surface area contributed by atoms with Gasteiger partial charge in [0.25, 0.3) is 0 Å². The van der Waals surface area contributed by atoms with Crippen LogP contribution in [-0.4, -0.2) is 60.0 Å². The van der Waals surface area contributed by atoms with Crippen molar-refractivity contribution in [1.29, 1.82) is 0 Å². The number of hydrogen-bond acceptors (Lipinski definition) is 5. The largest absolute Gasteiger partial charge is 0.356 e. The van der Waals surface area contributed by atoms with Crippen LogP contribution < -0.4 is 10.2 Å². The highest BCUT2D eigenvalue weighted by atomic mass is 32.1. The van der Waals surface area contributed by atoms with Gasteiger partial charge in [-0.05, 0) is 24.0 Å². The third-order valence-corrected chi connectivity index (χ3v) is 6.41. The zero-order chi connectivity index (χ0) is 18.6. The van der Waals surface area contributed by atoms with E-state index in [1.807, 2.05) is 7.05 Å². The number of aliphatic imine (C=N–C) groups is 1. The molecule has 0 amide bonds. The lowest BCUT2D eigenvalue weighted by atomic mass is 10.0. The second-order valence-electron chi connectivity index (χ2n) is 7.18. The maximum absolute atomic E-state index is 4.62. The molecule has 1 fully saturated rings. The first-order valence-corrected chi connectivity index (χ1v) is 10.7. The smallest absolute Gasteiger partial charge is 0.205 e. The molecule has 1 N–H and O–H groups in total. The van der Waals surface area contributed by atoms with Crippen LogP contribution in [0.25, 0.3) is 0 Å². The average Bonchev–Trinajstić information content (AvgIpc) is 3.36. The molecule has 1 atom stereocenters. The molecule has 0 radical (unpaired) electrons. The summed E-state index contributed by atoms with van der Waals surface area (Å²) in [4.78, 5) is 13.9. The van der Waals surface area contributed by atoms with Crippen LogP contribution in [0.15, 0.2) is 29.3 Å². The number of guanidine groups is 1. The Kier molecular flexibility index (Phi) is 5.57. The molecule has 6 nitrogen and oxygen atoms in total. The standard InChI is InChI=1S/C20H28N6S/c1-3-18-23-20(27-24-18)26-12-10-25(11-13-26)19(21-2)22-14-16-9-8-15-6-4-5-7-17(15)16/h4-7,16H,3,8-14H2,1-2H3,(H,21,22). The first kappa shape index (κ1) is 18.2. The van der Waals surface area contributed by atoms with Gasteiger partial charge in [0.2, 0.25) is 5.13 Å². The summed E-state index contributed by atoms with van der Waals surface area (Å²) in [5.74, 6) is 2.56. The SMILES string of the molecule is CCc1nsc(N2CCN(C(=NC)NCC3CCc4ccccc43)CC2)n1. The van der Waals surface area contributed by atoms with Gasteiger partial charge in [-0.25, -0.2) is 4.98 Å². The number of anilines is 1. The van der Waals surface area contributed by atoms with E-state index < -0.39 is 0 Å². The molecular weight excluding hydrogens is 356 g/mol. The fraction of sp³-hybridized carbons (Fsp3) is 0.550. The maximum Gasteiger partial charge on any atom is 0.205 e. The third-order valence-electron chi connectivity index (χ3n) is 5.60. The van der Waals surface area contributed by atoms with Crippen LogP contribution in [0.4, 0.5) is 5.13 Å². The molecule has 1 unspecified atom stereocenters. The minimum absolute atomic E-state index is 0.591. The lowest BCUT2D eigenvalue weighted by molar-refractivity contribution is 0.371. The number of rotatable bonds is 4. The molecule has 1 aliphatic heterocycles. The van der Waals surface area contributed by atoms with E-state index in [9.17, 15) is 0 Å². The van der Waals surface area contributed by atoms with Crippen molar-refractivity contribution in [2.45, 2.75) is 32.1 Å². The van der Waals surface area contributed by atoms with E-state index in [1.54, 1.807) is 0 Å². The van der Waals surface area contributed by atoms with E-state index in [0.29, 0.717) is 5.92 Å². The van der Waals surface area contributed by atoms with Gasteiger partial charge >= 0.3 is 0 Å². The van der Waals surface area contributed by atoms with Crippen molar-refractivity contribution in [2.24, 2.45) is 4.99 Å². The van der Waals surface area contributed by atoms with Gasteiger partial charge in [-0.3, -0.25) is 4.99 Å². The van der Waals surface area contributed by atoms with Crippen LogP contribution in [0.1, 0.15) is 36.2 Å². The lowest BCUT2D eigenvalue weighted by Gasteiger charge is -2.36. The number of piperazine rings is 1. The monoisotopic (exact) mass is 384 g/mol. The second kappa shape index (κ2) is 8.25. The van der Waals surface area contributed by atoms with E-state index in [2.05, 4.69) is 60.7 Å². The number of aryl methyl sites for hydroxylation is 2. The Bertz CT molecular complexity index is 793. The van der Waals surface area contributed by atoms with Crippen molar-refractivity contribution >= 4 is 22.6 Å². The fourth-order valence-electron chi connectivity index (χ4n) is 4.03. The van der Waals surface area contributed by atoms with E-state index in [4.69, 9.17) is 0 Å². The highest BCUT2D eigenvalue weighted by molar-refractivity contribution is 7.09.